The minimum atomic E-state index is -0.559. The Hall–Kier alpha value is -2.11. The number of amides is 1. The van der Waals surface area contributed by atoms with Crippen molar-refractivity contribution in [2.45, 2.75) is 13.0 Å². The number of para-hydroxylation sites is 1. The molecule has 0 spiro atoms. The van der Waals surface area contributed by atoms with Crippen molar-refractivity contribution < 1.29 is 9.18 Å². The van der Waals surface area contributed by atoms with E-state index < -0.39 is 5.82 Å². The van der Waals surface area contributed by atoms with E-state index in [1.54, 1.807) is 11.0 Å². The van der Waals surface area contributed by atoms with E-state index >= 15 is 0 Å². The first-order valence-corrected chi connectivity index (χ1v) is 9.31. The van der Waals surface area contributed by atoms with Crippen molar-refractivity contribution in [2.75, 3.05) is 38.0 Å². The van der Waals surface area contributed by atoms with Gasteiger partial charge in [0, 0.05) is 45.0 Å². The third kappa shape index (κ3) is 3.29. The molecular formula is C20H21ClFN3O. The van der Waals surface area contributed by atoms with Crippen LogP contribution in [-0.2, 0) is 13.0 Å². The van der Waals surface area contributed by atoms with E-state index in [-0.39, 0.29) is 16.5 Å². The summed E-state index contributed by atoms with van der Waals surface area (Å²) in [7, 11) is 0. The van der Waals surface area contributed by atoms with Crippen LogP contribution in [0.3, 0.4) is 0 Å². The molecule has 1 N–H and O–H groups in total. The maximum Gasteiger partial charge on any atom is 0.258 e. The summed E-state index contributed by atoms with van der Waals surface area (Å²) in [5, 5.41) is 3.64. The minimum Gasteiger partial charge on any atom is -0.384 e. The lowest BCUT2D eigenvalue weighted by Crippen LogP contribution is -2.48. The lowest BCUT2D eigenvalue weighted by atomic mass is 10.1. The molecule has 2 aliphatic heterocycles. The van der Waals surface area contributed by atoms with Gasteiger partial charge < -0.3 is 10.2 Å². The van der Waals surface area contributed by atoms with Crippen molar-refractivity contribution in [3.05, 3.63) is 63.9 Å². The predicted molar refractivity (Wildman–Crippen MR) is 101 cm³/mol. The molecule has 2 aromatic carbocycles. The van der Waals surface area contributed by atoms with Gasteiger partial charge in [-0.2, -0.15) is 0 Å². The molecule has 2 aromatic rings. The molecule has 4 rings (SSSR count). The van der Waals surface area contributed by atoms with Gasteiger partial charge >= 0.3 is 0 Å². The Balaban J connectivity index is 1.40. The number of carbonyl (C=O) groups is 1. The van der Waals surface area contributed by atoms with Gasteiger partial charge in [0.25, 0.3) is 5.91 Å². The van der Waals surface area contributed by atoms with Crippen LogP contribution in [-0.4, -0.2) is 48.4 Å². The van der Waals surface area contributed by atoms with Gasteiger partial charge in [-0.15, -0.1) is 0 Å². The van der Waals surface area contributed by atoms with Crippen LogP contribution in [0, 0.1) is 5.82 Å². The van der Waals surface area contributed by atoms with Crippen LogP contribution in [0.1, 0.15) is 21.5 Å². The van der Waals surface area contributed by atoms with Gasteiger partial charge in [0.2, 0.25) is 0 Å². The Morgan fingerprint density at radius 1 is 1.12 bits per heavy atom. The highest BCUT2D eigenvalue weighted by Gasteiger charge is 2.26. The number of rotatable bonds is 3. The van der Waals surface area contributed by atoms with Crippen molar-refractivity contribution in [1.29, 1.82) is 0 Å². The topological polar surface area (TPSA) is 35.6 Å². The van der Waals surface area contributed by atoms with Crippen LogP contribution in [0.15, 0.2) is 36.4 Å². The molecule has 0 radical (unpaired) electrons. The van der Waals surface area contributed by atoms with Gasteiger partial charge in [-0.25, -0.2) is 4.39 Å². The molecule has 0 unspecified atom stereocenters. The van der Waals surface area contributed by atoms with Crippen molar-refractivity contribution >= 4 is 23.2 Å². The summed E-state index contributed by atoms with van der Waals surface area (Å²) in [6, 6.07) is 10.8. The number of hydrogen-bond donors (Lipinski definition) is 1. The second kappa shape index (κ2) is 7.25. The average molecular weight is 374 g/mol. The first-order valence-electron chi connectivity index (χ1n) is 8.94. The summed E-state index contributed by atoms with van der Waals surface area (Å²) in [5.41, 5.74) is 3.93. The van der Waals surface area contributed by atoms with Crippen LogP contribution in [0.25, 0.3) is 0 Å². The van der Waals surface area contributed by atoms with E-state index in [9.17, 15) is 9.18 Å². The largest absolute Gasteiger partial charge is 0.384 e. The average Bonchev–Trinajstić information content (AvgIpc) is 3.12. The fourth-order valence-electron chi connectivity index (χ4n) is 3.75. The molecule has 1 saturated heterocycles. The number of piperazine rings is 1. The summed E-state index contributed by atoms with van der Waals surface area (Å²) < 4.78 is 14.0. The molecular weight excluding hydrogens is 353 g/mol. The number of carbonyl (C=O) groups excluding carboxylic acids is 1. The molecule has 1 amide bonds. The van der Waals surface area contributed by atoms with Crippen LogP contribution < -0.4 is 5.32 Å². The van der Waals surface area contributed by atoms with Crippen LogP contribution in [0.5, 0.6) is 0 Å². The summed E-state index contributed by atoms with van der Waals surface area (Å²) in [6.07, 6.45) is 1.08. The predicted octanol–water partition coefficient (Wildman–Crippen LogP) is 3.41. The van der Waals surface area contributed by atoms with E-state index in [1.807, 2.05) is 0 Å². The summed E-state index contributed by atoms with van der Waals surface area (Å²) in [6.45, 7) is 4.54. The lowest BCUT2D eigenvalue weighted by Gasteiger charge is -2.35. The molecule has 26 heavy (non-hydrogen) atoms. The van der Waals surface area contributed by atoms with Gasteiger partial charge in [0.15, 0.2) is 0 Å². The number of nitrogens with one attached hydrogen (secondary N) is 1. The molecule has 4 nitrogen and oxygen atoms in total. The molecule has 1 fully saturated rings. The van der Waals surface area contributed by atoms with Crippen LogP contribution in [0.4, 0.5) is 10.1 Å². The molecule has 0 saturated carbocycles. The van der Waals surface area contributed by atoms with Crippen LogP contribution >= 0.6 is 11.6 Å². The summed E-state index contributed by atoms with van der Waals surface area (Å²) >= 11 is 6.03. The first kappa shape index (κ1) is 17.3. The molecule has 136 valence electrons. The molecule has 6 heteroatoms. The van der Waals surface area contributed by atoms with E-state index in [4.69, 9.17) is 11.6 Å². The highest BCUT2D eigenvalue weighted by atomic mass is 35.5. The lowest BCUT2D eigenvalue weighted by molar-refractivity contribution is 0.0624. The normalized spacial score (nSPS) is 17.1. The standard InChI is InChI=1S/C20H21ClFN3O/c21-16-5-2-6-17(22)18(16)20(26)25-11-9-24(10-12-25)13-15-4-1-3-14-7-8-23-19(14)15/h1-6,23H,7-13H2. The third-order valence-electron chi connectivity index (χ3n) is 5.16. The second-order valence-electron chi connectivity index (χ2n) is 6.79. The zero-order valence-electron chi connectivity index (χ0n) is 14.5. The molecule has 0 bridgehead atoms. The fourth-order valence-corrected chi connectivity index (χ4v) is 4.00. The smallest absolute Gasteiger partial charge is 0.258 e. The number of anilines is 1. The first-order chi connectivity index (χ1) is 12.6. The van der Waals surface area contributed by atoms with Gasteiger partial charge in [0.1, 0.15) is 5.82 Å². The number of halogens is 2. The number of nitrogens with zero attached hydrogens (tertiary/aromatic N) is 2. The maximum absolute atomic E-state index is 14.0. The molecule has 0 aromatic heterocycles. The van der Waals surface area contributed by atoms with E-state index in [1.165, 1.54) is 28.9 Å². The van der Waals surface area contributed by atoms with Crippen molar-refractivity contribution in [3.8, 4) is 0 Å². The number of hydrogen-bond acceptors (Lipinski definition) is 3. The van der Waals surface area contributed by atoms with E-state index in [0.717, 1.165) is 32.6 Å². The molecule has 0 atom stereocenters. The maximum atomic E-state index is 14.0. The van der Waals surface area contributed by atoms with Gasteiger partial charge in [-0.3, -0.25) is 9.69 Å². The molecule has 2 aliphatic rings. The SMILES string of the molecule is O=C(c1c(F)cccc1Cl)N1CCN(Cc2cccc3c2NCC3)CC1. The van der Waals surface area contributed by atoms with Crippen LogP contribution in [0.2, 0.25) is 5.02 Å². The van der Waals surface area contributed by atoms with E-state index in [0.29, 0.717) is 13.1 Å². The van der Waals surface area contributed by atoms with Crippen molar-refractivity contribution in [3.63, 3.8) is 0 Å². The Morgan fingerprint density at radius 3 is 2.65 bits per heavy atom. The highest BCUT2D eigenvalue weighted by molar-refractivity contribution is 6.33. The Morgan fingerprint density at radius 2 is 1.88 bits per heavy atom. The fraction of sp³-hybridized carbons (Fsp3) is 0.350. The summed E-state index contributed by atoms with van der Waals surface area (Å²) in [4.78, 5) is 16.7. The number of benzene rings is 2. The van der Waals surface area contributed by atoms with E-state index in [2.05, 4.69) is 28.4 Å². The van der Waals surface area contributed by atoms with Gasteiger partial charge in [-0.1, -0.05) is 35.9 Å². The zero-order valence-corrected chi connectivity index (χ0v) is 15.2. The Bertz CT molecular complexity index is 814. The highest BCUT2D eigenvalue weighted by Crippen LogP contribution is 2.28. The summed E-state index contributed by atoms with van der Waals surface area (Å²) in [5.74, 6) is -0.883. The third-order valence-corrected chi connectivity index (χ3v) is 5.48. The molecule has 2 heterocycles. The number of fused-ring (bicyclic) bond motifs is 1. The second-order valence-corrected chi connectivity index (χ2v) is 7.20. The van der Waals surface area contributed by atoms with Gasteiger partial charge in [-0.05, 0) is 29.7 Å². The monoisotopic (exact) mass is 373 g/mol. The van der Waals surface area contributed by atoms with Crippen molar-refractivity contribution in [2.24, 2.45) is 0 Å². The Kier molecular flexibility index (Phi) is 4.83. The van der Waals surface area contributed by atoms with Crippen molar-refractivity contribution in [1.82, 2.24) is 9.80 Å². The molecule has 0 aliphatic carbocycles. The van der Waals surface area contributed by atoms with Gasteiger partial charge in [0.05, 0.1) is 10.6 Å². The Labute approximate surface area is 157 Å². The minimum absolute atomic E-state index is 0.0207. The quantitative estimate of drug-likeness (QED) is 0.895. The zero-order chi connectivity index (χ0) is 18.1.